The fourth-order valence-electron chi connectivity index (χ4n) is 1.45. The molecule has 2 nitrogen and oxygen atoms in total. The van der Waals surface area contributed by atoms with Crippen LogP contribution in [0.4, 0.5) is 4.79 Å². The summed E-state index contributed by atoms with van der Waals surface area (Å²) in [5.41, 5.74) is 2.62. The van der Waals surface area contributed by atoms with E-state index in [4.69, 9.17) is 0 Å². The molecule has 0 bridgehead atoms. The van der Waals surface area contributed by atoms with Gasteiger partial charge in [0.1, 0.15) is 0 Å². The highest BCUT2D eigenvalue weighted by atomic mass is 79.9. The van der Waals surface area contributed by atoms with E-state index in [1.807, 2.05) is 0 Å². The Labute approximate surface area is 106 Å². The number of carbonyl (C=O) groups is 1. The third-order valence-electron chi connectivity index (χ3n) is 2.68. The molecule has 0 atom stereocenters. The van der Waals surface area contributed by atoms with Gasteiger partial charge in [-0.2, -0.15) is 0 Å². The van der Waals surface area contributed by atoms with Crippen LogP contribution < -0.4 is 0 Å². The van der Waals surface area contributed by atoms with Crippen LogP contribution in [0.25, 0.3) is 0 Å². The monoisotopic (exact) mass is 283 g/mol. The lowest BCUT2D eigenvalue weighted by Crippen LogP contribution is -2.23. The van der Waals surface area contributed by atoms with Gasteiger partial charge in [-0.1, -0.05) is 38.1 Å². The first kappa shape index (κ1) is 13.2. The normalized spacial score (nSPS) is 10.6. The zero-order valence-electron chi connectivity index (χ0n) is 10.0. The second-order valence-electron chi connectivity index (χ2n) is 4.32. The predicted molar refractivity (Wildman–Crippen MR) is 71.2 cm³/mol. The Hall–Kier alpha value is -0.830. The molecule has 0 saturated carbocycles. The van der Waals surface area contributed by atoms with Crippen LogP contribution in [0.2, 0.25) is 0 Å². The van der Waals surface area contributed by atoms with Crippen molar-refractivity contribution in [1.82, 2.24) is 4.90 Å². The number of halogens is 1. The van der Waals surface area contributed by atoms with Gasteiger partial charge < -0.3 is 4.90 Å². The van der Waals surface area contributed by atoms with Gasteiger partial charge in [0, 0.05) is 29.5 Å². The average Bonchev–Trinajstić information content (AvgIpc) is 2.26. The highest BCUT2D eigenvalue weighted by Crippen LogP contribution is 2.15. The minimum atomic E-state index is -0.0636. The highest BCUT2D eigenvalue weighted by molar-refractivity contribution is 9.18. The largest absolute Gasteiger partial charge is 0.336 e. The molecule has 16 heavy (non-hydrogen) atoms. The quantitative estimate of drug-likeness (QED) is 0.608. The van der Waals surface area contributed by atoms with Gasteiger partial charge in [-0.05, 0) is 23.5 Å². The molecular weight excluding hydrogens is 266 g/mol. The Morgan fingerprint density at radius 2 is 1.88 bits per heavy atom. The van der Waals surface area contributed by atoms with E-state index >= 15 is 0 Å². The molecule has 1 aromatic carbocycles. The van der Waals surface area contributed by atoms with E-state index in [0.29, 0.717) is 5.92 Å². The molecule has 0 saturated heterocycles. The summed E-state index contributed by atoms with van der Waals surface area (Å²) < 4.78 is 0. The van der Waals surface area contributed by atoms with Crippen molar-refractivity contribution in [3.8, 4) is 0 Å². The minimum Gasteiger partial charge on any atom is -0.336 e. The summed E-state index contributed by atoms with van der Waals surface area (Å²) in [4.78, 5) is 12.6. The number of carbonyl (C=O) groups excluding carboxylic acids is 1. The molecule has 0 N–H and O–H groups in total. The first-order chi connectivity index (χ1) is 7.50. The van der Waals surface area contributed by atoms with Gasteiger partial charge >= 0.3 is 0 Å². The molecule has 1 amide bonds. The zero-order valence-corrected chi connectivity index (χ0v) is 11.6. The second kappa shape index (κ2) is 6.04. The van der Waals surface area contributed by atoms with E-state index < -0.39 is 0 Å². The average molecular weight is 284 g/mol. The van der Waals surface area contributed by atoms with Crippen LogP contribution in [0.1, 0.15) is 30.9 Å². The number of benzene rings is 1. The van der Waals surface area contributed by atoms with Crippen LogP contribution in [0.15, 0.2) is 24.3 Å². The topological polar surface area (TPSA) is 20.3 Å². The van der Waals surface area contributed by atoms with Gasteiger partial charge in [0.05, 0.1) is 0 Å². The lowest BCUT2D eigenvalue weighted by Gasteiger charge is -2.13. The molecule has 0 aromatic heterocycles. The number of likely N-dealkylation sites (N-methyl/N-ethyl adjacent to an activating group) is 1. The van der Waals surface area contributed by atoms with Crippen molar-refractivity contribution in [2.24, 2.45) is 0 Å². The van der Waals surface area contributed by atoms with Crippen LogP contribution >= 0.6 is 15.9 Å². The molecule has 1 rings (SSSR count). The van der Waals surface area contributed by atoms with E-state index in [1.165, 1.54) is 11.1 Å². The summed E-state index contributed by atoms with van der Waals surface area (Å²) in [6, 6.07) is 8.61. The van der Waals surface area contributed by atoms with Crippen molar-refractivity contribution >= 4 is 20.7 Å². The Morgan fingerprint density at radius 1 is 1.31 bits per heavy atom. The molecule has 0 unspecified atom stereocenters. The molecule has 0 fully saturated rings. The molecule has 88 valence electrons. The maximum Gasteiger partial charge on any atom is 0.289 e. The maximum atomic E-state index is 11.0. The van der Waals surface area contributed by atoms with Gasteiger partial charge in [0.25, 0.3) is 4.82 Å². The summed E-state index contributed by atoms with van der Waals surface area (Å²) in [6.07, 6.45) is 0.895. The van der Waals surface area contributed by atoms with Crippen LogP contribution in [0, 0.1) is 0 Å². The van der Waals surface area contributed by atoms with E-state index in [2.05, 4.69) is 54.0 Å². The smallest absolute Gasteiger partial charge is 0.289 e. The fraction of sp³-hybridized carbons (Fsp3) is 0.462. The van der Waals surface area contributed by atoms with Crippen LogP contribution in [-0.2, 0) is 6.42 Å². The zero-order chi connectivity index (χ0) is 12.1. The van der Waals surface area contributed by atoms with Crippen molar-refractivity contribution in [2.75, 3.05) is 13.6 Å². The number of hydrogen-bond acceptors (Lipinski definition) is 1. The van der Waals surface area contributed by atoms with E-state index in [0.717, 1.165) is 13.0 Å². The first-order valence-electron chi connectivity index (χ1n) is 5.50. The molecule has 0 aliphatic heterocycles. The predicted octanol–water partition coefficient (Wildman–Crippen LogP) is 3.80. The second-order valence-corrected chi connectivity index (χ2v) is 5.00. The Balaban J connectivity index is 2.52. The van der Waals surface area contributed by atoms with E-state index in [9.17, 15) is 4.79 Å². The van der Waals surface area contributed by atoms with Crippen molar-refractivity contribution in [1.29, 1.82) is 0 Å². The standard InChI is InChI=1S/C13H18BrNO/c1-10(2)12-6-4-11(5-7-12)8-9-15(3)13(14)16/h4-7,10H,8-9H2,1-3H3. The Bertz CT molecular complexity index is 345. The first-order valence-corrected chi connectivity index (χ1v) is 6.29. The molecule has 0 aliphatic carbocycles. The van der Waals surface area contributed by atoms with E-state index in [-0.39, 0.29) is 4.82 Å². The summed E-state index contributed by atoms with van der Waals surface area (Å²) in [6.45, 7) is 5.11. The third-order valence-corrected chi connectivity index (χ3v) is 3.29. The minimum absolute atomic E-state index is 0.0636. The number of nitrogens with zero attached hydrogens (tertiary/aromatic N) is 1. The van der Waals surface area contributed by atoms with Gasteiger partial charge in [-0.3, -0.25) is 4.79 Å². The highest BCUT2D eigenvalue weighted by Gasteiger charge is 2.04. The van der Waals surface area contributed by atoms with Crippen LogP contribution in [-0.4, -0.2) is 23.3 Å². The summed E-state index contributed by atoms with van der Waals surface area (Å²) in [5, 5.41) is 0. The van der Waals surface area contributed by atoms with Gasteiger partial charge in [0.15, 0.2) is 0 Å². The summed E-state index contributed by atoms with van der Waals surface area (Å²) >= 11 is 2.93. The molecule has 0 heterocycles. The molecule has 3 heteroatoms. The molecule has 0 radical (unpaired) electrons. The summed E-state index contributed by atoms with van der Waals surface area (Å²) in [5.74, 6) is 0.570. The lowest BCUT2D eigenvalue weighted by atomic mass is 10.0. The van der Waals surface area contributed by atoms with Crippen LogP contribution in [0.5, 0.6) is 0 Å². The fourth-order valence-corrected chi connectivity index (χ4v) is 1.63. The Kier molecular flexibility index (Phi) is 5.00. The maximum absolute atomic E-state index is 11.0. The van der Waals surface area contributed by atoms with Crippen molar-refractivity contribution < 1.29 is 4.79 Å². The third kappa shape index (κ3) is 3.97. The summed E-state index contributed by atoms with van der Waals surface area (Å²) in [7, 11) is 1.79. The van der Waals surface area contributed by atoms with E-state index in [1.54, 1.807) is 11.9 Å². The van der Waals surface area contributed by atoms with Gasteiger partial charge in [-0.15, -0.1) is 0 Å². The number of rotatable bonds is 4. The molecule has 1 aromatic rings. The molecule has 0 aliphatic rings. The van der Waals surface area contributed by atoms with Gasteiger partial charge in [-0.25, -0.2) is 0 Å². The van der Waals surface area contributed by atoms with Crippen molar-refractivity contribution in [2.45, 2.75) is 26.2 Å². The Morgan fingerprint density at radius 3 is 2.31 bits per heavy atom. The SMILES string of the molecule is CC(C)c1ccc(CCN(C)C(=O)Br)cc1. The lowest BCUT2D eigenvalue weighted by molar-refractivity contribution is 0.235. The van der Waals surface area contributed by atoms with Crippen LogP contribution in [0.3, 0.4) is 0 Å². The van der Waals surface area contributed by atoms with Crippen molar-refractivity contribution in [3.05, 3.63) is 35.4 Å². The van der Waals surface area contributed by atoms with Crippen molar-refractivity contribution in [3.63, 3.8) is 0 Å². The number of hydrogen-bond donors (Lipinski definition) is 0. The van der Waals surface area contributed by atoms with Gasteiger partial charge in [0.2, 0.25) is 0 Å². The molecule has 0 spiro atoms. The molecular formula is C13H18BrNO. The number of amides is 1.